The molecule has 3 aromatic rings. The third-order valence-corrected chi connectivity index (χ3v) is 5.24. The monoisotopic (exact) mass is 445 g/mol. The summed E-state index contributed by atoms with van der Waals surface area (Å²) in [4.78, 5) is 39.9. The minimum Gasteiger partial charge on any atom is -0.487 e. The average molecular weight is 445 g/mol. The largest absolute Gasteiger partial charge is 0.487 e. The maximum absolute atomic E-state index is 12.7. The molecule has 0 spiro atoms. The van der Waals surface area contributed by atoms with Crippen molar-refractivity contribution in [2.75, 3.05) is 5.32 Å². The summed E-state index contributed by atoms with van der Waals surface area (Å²) in [5.74, 6) is -0.921. The normalized spacial score (nSPS) is 12.6. The lowest BCUT2D eigenvalue weighted by Gasteiger charge is -2.11. The molecule has 168 valence electrons. The number of aryl methyl sites for hydroxylation is 1. The topological polar surface area (TPSA) is 118 Å². The molecule has 33 heavy (non-hydrogen) atoms. The van der Waals surface area contributed by atoms with Crippen LogP contribution in [0.25, 0.3) is 0 Å². The van der Waals surface area contributed by atoms with Gasteiger partial charge in [0.25, 0.3) is 11.8 Å². The van der Waals surface area contributed by atoms with Gasteiger partial charge in [-0.15, -0.1) is 0 Å². The summed E-state index contributed by atoms with van der Waals surface area (Å²) < 4.78 is 5.66. The van der Waals surface area contributed by atoms with Gasteiger partial charge in [0, 0.05) is 29.1 Å². The first-order valence-corrected chi connectivity index (χ1v) is 10.5. The van der Waals surface area contributed by atoms with Gasteiger partial charge >= 0.3 is 5.97 Å². The first kappa shape index (κ1) is 22.0. The lowest BCUT2D eigenvalue weighted by atomic mass is 10.1. The van der Waals surface area contributed by atoms with E-state index in [-0.39, 0.29) is 30.0 Å². The van der Waals surface area contributed by atoms with Gasteiger partial charge in [0.15, 0.2) is 0 Å². The summed E-state index contributed by atoms with van der Waals surface area (Å²) in [7, 11) is 0. The first-order chi connectivity index (χ1) is 15.9. The van der Waals surface area contributed by atoms with Gasteiger partial charge in [-0.3, -0.25) is 14.6 Å². The highest BCUT2D eigenvalue weighted by Gasteiger charge is 2.24. The van der Waals surface area contributed by atoms with Crippen LogP contribution in [0, 0.1) is 6.92 Å². The maximum Gasteiger partial charge on any atom is 0.337 e. The molecule has 1 aliphatic carbocycles. The molecule has 8 heteroatoms. The van der Waals surface area contributed by atoms with E-state index in [4.69, 9.17) is 9.84 Å². The van der Waals surface area contributed by atoms with Crippen LogP contribution in [0.5, 0.6) is 5.75 Å². The summed E-state index contributed by atoms with van der Waals surface area (Å²) in [6.45, 7) is 2.03. The molecule has 0 saturated heterocycles. The van der Waals surface area contributed by atoms with E-state index in [9.17, 15) is 14.4 Å². The van der Waals surface area contributed by atoms with Crippen molar-refractivity contribution in [3.05, 3.63) is 88.7 Å². The molecule has 8 nitrogen and oxygen atoms in total. The number of pyridine rings is 1. The number of nitrogens with one attached hydrogen (secondary N) is 2. The van der Waals surface area contributed by atoms with Crippen molar-refractivity contribution in [3.8, 4) is 5.75 Å². The molecule has 1 aromatic heterocycles. The average Bonchev–Trinajstić information content (AvgIpc) is 3.63. The van der Waals surface area contributed by atoms with Crippen molar-refractivity contribution in [1.82, 2.24) is 10.3 Å². The Balaban J connectivity index is 1.36. The Labute approximate surface area is 190 Å². The van der Waals surface area contributed by atoms with Crippen LogP contribution < -0.4 is 15.4 Å². The smallest absolute Gasteiger partial charge is 0.337 e. The Kier molecular flexibility index (Phi) is 6.35. The highest BCUT2D eigenvalue weighted by atomic mass is 16.5. The van der Waals surface area contributed by atoms with Crippen LogP contribution in [0.3, 0.4) is 0 Å². The Bertz CT molecular complexity index is 1190. The fourth-order valence-corrected chi connectivity index (χ4v) is 3.08. The molecule has 1 aliphatic rings. The molecule has 0 radical (unpaired) electrons. The number of aromatic carboxylic acids is 1. The summed E-state index contributed by atoms with van der Waals surface area (Å²) in [6.07, 6.45) is 3.30. The van der Waals surface area contributed by atoms with E-state index in [1.165, 1.54) is 12.3 Å². The molecule has 1 saturated carbocycles. The van der Waals surface area contributed by atoms with E-state index in [1.54, 1.807) is 42.5 Å². The number of carbonyl (C=O) groups excluding carboxylic acids is 2. The van der Waals surface area contributed by atoms with Gasteiger partial charge in [-0.2, -0.15) is 0 Å². The van der Waals surface area contributed by atoms with E-state index in [2.05, 4.69) is 15.6 Å². The predicted molar refractivity (Wildman–Crippen MR) is 122 cm³/mol. The molecule has 0 aliphatic heterocycles. The van der Waals surface area contributed by atoms with E-state index in [0.717, 1.165) is 18.4 Å². The molecule has 2 aromatic carbocycles. The number of nitrogens with zero attached hydrogens (tertiary/aromatic N) is 1. The number of ether oxygens (including phenoxy) is 1. The number of anilines is 1. The van der Waals surface area contributed by atoms with Gasteiger partial charge < -0.3 is 20.5 Å². The number of aromatic nitrogens is 1. The van der Waals surface area contributed by atoms with Gasteiger partial charge in [-0.05, 0) is 73.9 Å². The zero-order chi connectivity index (χ0) is 23.4. The number of rotatable bonds is 8. The number of hydrogen-bond donors (Lipinski definition) is 3. The molecule has 1 fully saturated rings. The predicted octanol–water partition coefficient (Wildman–Crippen LogP) is 3.81. The number of carboxylic acids is 1. The van der Waals surface area contributed by atoms with Gasteiger partial charge in [0.2, 0.25) is 0 Å². The highest BCUT2D eigenvalue weighted by Crippen LogP contribution is 2.22. The SMILES string of the molecule is Cc1ccc(C(=O)NC2CC2)cc1NC(=O)c1ccc(OCc2ccc(C(=O)O)cn2)cc1. The van der Waals surface area contributed by atoms with E-state index in [0.29, 0.717) is 28.3 Å². The van der Waals surface area contributed by atoms with Crippen molar-refractivity contribution in [2.24, 2.45) is 0 Å². The molecule has 0 bridgehead atoms. The first-order valence-electron chi connectivity index (χ1n) is 10.5. The highest BCUT2D eigenvalue weighted by molar-refractivity contribution is 6.05. The fourth-order valence-electron chi connectivity index (χ4n) is 3.08. The van der Waals surface area contributed by atoms with Crippen LogP contribution in [0.2, 0.25) is 0 Å². The van der Waals surface area contributed by atoms with E-state index >= 15 is 0 Å². The molecule has 3 N–H and O–H groups in total. The lowest BCUT2D eigenvalue weighted by molar-refractivity contribution is 0.0695. The van der Waals surface area contributed by atoms with Gasteiger partial charge in [0.1, 0.15) is 12.4 Å². The zero-order valence-corrected chi connectivity index (χ0v) is 18.0. The van der Waals surface area contributed by atoms with E-state index in [1.807, 2.05) is 13.0 Å². The Morgan fingerprint density at radius 1 is 0.970 bits per heavy atom. The molecular weight excluding hydrogens is 422 g/mol. The molecule has 0 unspecified atom stereocenters. The Morgan fingerprint density at radius 2 is 1.67 bits per heavy atom. The van der Waals surface area contributed by atoms with E-state index < -0.39 is 5.97 Å². The van der Waals surface area contributed by atoms with Crippen LogP contribution in [-0.4, -0.2) is 33.9 Å². The minimum absolute atomic E-state index is 0.110. The van der Waals surface area contributed by atoms with Crippen LogP contribution in [0.1, 0.15) is 55.2 Å². The Hall–Kier alpha value is -4.20. The molecular formula is C25H23N3O5. The number of carboxylic acid groups (broad SMARTS) is 1. The minimum atomic E-state index is -1.03. The molecule has 1 heterocycles. The number of amides is 2. The second-order valence-electron chi connectivity index (χ2n) is 7.89. The number of hydrogen-bond acceptors (Lipinski definition) is 5. The van der Waals surface area contributed by atoms with Gasteiger partial charge in [-0.1, -0.05) is 6.07 Å². The Morgan fingerprint density at radius 3 is 2.30 bits per heavy atom. The zero-order valence-electron chi connectivity index (χ0n) is 18.0. The van der Waals surface area contributed by atoms with Crippen molar-refractivity contribution in [1.29, 1.82) is 0 Å². The third kappa shape index (κ3) is 5.74. The molecule has 4 rings (SSSR count). The summed E-state index contributed by atoms with van der Waals surface area (Å²) in [5.41, 5.74) is 3.09. The quantitative estimate of drug-likeness (QED) is 0.485. The number of carbonyl (C=O) groups is 3. The standard InChI is InChI=1S/C25H23N3O5/c1-15-2-3-17(24(30)27-19-8-9-19)12-22(15)28-23(29)16-5-10-21(11-6-16)33-14-20-7-4-18(13-26-20)25(31)32/h2-7,10-13,19H,8-9,14H2,1H3,(H,27,30)(H,28,29)(H,31,32). The maximum atomic E-state index is 12.7. The van der Waals surface area contributed by atoms with Gasteiger partial charge in [-0.25, -0.2) is 4.79 Å². The van der Waals surface area contributed by atoms with Crippen molar-refractivity contribution >= 4 is 23.5 Å². The van der Waals surface area contributed by atoms with Crippen molar-refractivity contribution in [3.63, 3.8) is 0 Å². The van der Waals surface area contributed by atoms with Crippen LogP contribution in [0.4, 0.5) is 5.69 Å². The van der Waals surface area contributed by atoms with Crippen LogP contribution in [-0.2, 0) is 6.61 Å². The van der Waals surface area contributed by atoms with Crippen molar-refractivity contribution in [2.45, 2.75) is 32.4 Å². The molecule has 2 amide bonds. The van der Waals surface area contributed by atoms with Crippen LogP contribution in [0.15, 0.2) is 60.8 Å². The second-order valence-corrected chi connectivity index (χ2v) is 7.89. The second kappa shape index (κ2) is 9.52. The lowest BCUT2D eigenvalue weighted by Crippen LogP contribution is -2.25. The summed E-state index contributed by atoms with van der Waals surface area (Å²) in [6, 6.07) is 15.2. The van der Waals surface area contributed by atoms with Gasteiger partial charge in [0.05, 0.1) is 11.3 Å². The van der Waals surface area contributed by atoms with Crippen molar-refractivity contribution < 1.29 is 24.2 Å². The fraction of sp³-hybridized carbons (Fsp3) is 0.200. The number of benzene rings is 2. The summed E-state index contributed by atoms with van der Waals surface area (Å²) in [5, 5.41) is 14.7. The van der Waals surface area contributed by atoms with Crippen LogP contribution >= 0.6 is 0 Å². The molecule has 0 atom stereocenters. The third-order valence-electron chi connectivity index (χ3n) is 5.24. The summed E-state index contributed by atoms with van der Waals surface area (Å²) >= 11 is 0.